The Morgan fingerprint density at radius 2 is 1.59 bits per heavy atom. The van der Waals surface area contributed by atoms with Crippen LogP contribution in [0.25, 0.3) is 0 Å². The molecule has 0 atom stereocenters. The zero-order valence-electron chi connectivity index (χ0n) is 15.5. The molecule has 7 nitrogen and oxygen atoms in total. The van der Waals surface area contributed by atoms with E-state index in [1.54, 1.807) is 24.3 Å². The largest absolute Gasteiger partial charge is 0.326 e. The second kappa shape index (κ2) is 8.79. The molecule has 2 amide bonds. The average molecular weight is 389 g/mol. The third kappa shape index (κ3) is 6.84. The van der Waals surface area contributed by atoms with Crippen molar-refractivity contribution in [3.8, 4) is 0 Å². The summed E-state index contributed by atoms with van der Waals surface area (Å²) in [6.45, 7) is 3.16. The van der Waals surface area contributed by atoms with Gasteiger partial charge in [0.2, 0.25) is 21.8 Å². The van der Waals surface area contributed by atoms with E-state index in [1.165, 1.54) is 6.92 Å². The Morgan fingerprint density at radius 1 is 1.00 bits per heavy atom. The van der Waals surface area contributed by atoms with Gasteiger partial charge in [-0.3, -0.25) is 9.59 Å². The van der Waals surface area contributed by atoms with Crippen LogP contribution in [0.3, 0.4) is 0 Å². The second-order valence-corrected chi connectivity index (χ2v) is 8.31. The Hall–Kier alpha value is -2.71. The van der Waals surface area contributed by atoms with Gasteiger partial charge in [-0.1, -0.05) is 29.8 Å². The first-order valence-electron chi connectivity index (χ1n) is 8.31. The molecule has 2 rings (SSSR count). The van der Waals surface area contributed by atoms with Crippen molar-refractivity contribution in [3.05, 3.63) is 59.7 Å². The van der Waals surface area contributed by atoms with E-state index < -0.39 is 15.9 Å². The summed E-state index contributed by atoms with van der Waals surface area (Å²) in [6, 6.07) is 14.0. The number of carbonyl (C=O) groups excluding carboxylic acids is 2. The van der Waals surface area contributed by atoms with E-state index in [0.29, 0.717) is 11.4 Å². The van der Waals surface area contributed by atoms with Gasteiger partial charge in [0.1, 0.15) is 0 Å². The molecule has 0 saturated carbocycles. The maximum absolute atomic E-state index is 12.3. The number of sulfonamides is 1. The average Bonchev–Trinajstić information content (AvgIpc) is 2.55. The Morgan fingerprint density at radius 3 is 2.11 bits per heavy atom. The fourth-order valence-corrected chi connectivity index (χ4v) is 3.24. The minimum atomic E-state index is -3.56. The lowest BCUT2D eigenvalue weighted by atomic mass is 10.1. The predicted molar refractivity (Wildman–Crippen MR) is 106 cm³/mol. The number of carbonyl (C=O) groups is 2. The standard InChI is InChI=1S/C19H23N3O4S/c1-14-5-4-6-16(11-14)12-22(27(3,25)26)13-19(24)21-18-9-7-17(8-10-18)20-15(2)23/h4-11H,12-13H2,1-3H3,(H,20,23)(H,21,24). The third-order valence-corrected chi connectivity index (χ3v) is 4.92. The molecular formula is C19H23N3O4S. The lowest BCUT2D eigenvalue weighted by molar-refractivity contribution is -0.116. The maximum atomic E-state index is 12.3. The van der Waals surface area contributed by atoms with Crippen molar-refractivity contribution in [1.82, 2.24) is 4.31 Å². The number of nitrogens with one attached hydrogen (secondary N) is 2. The molecule has 2 N–H and O–H groups in total. The van der Waals surface area contributed by atoms with Crippen LogP contribution in [0.5, 0.6) is 0 Å². The van der Waals surface area contributed by atoms with Crippen LogP contribution in [0.4, 0.5) is 11.4 Å². The van der Waals surface area contributed by atoms with Gasteiger partial charge in [0.25, 0.3) is 0 Å². The van der Waals surface area contributed by atoms with E-state index in [-0.39, 0.29) is 19.0 Å². The predicted octanol–water partition coefficient (Wildman–Crippen LogP) is 2.35. The molecule has 0 saturated heterocycles. The van der Waals surface area contributed by atoms with Gasteiger partial charge in [-0.2, -0.15) is 4.31 Å². The van der Waals surface area contributed by atoms with Gasteiger partial charge in [0.05, 0.1) is 12.8 Å². The highest BCUT2D eigenvalue weighted by molar-refractivity contribution is 7.88. The van der Waals surface area contributed by atoms with Gasteiger partial charge < -0.3 is 10.6 Å². The number of rotatable bonds is 7. The second-order valence-electron chi connectivity index (χ2n) is 6.33. The maximum Gasteiger partial charge on any atom is 0.239 e. The molecule has 0 aliphatic carbocycles. The molecule has 0 heterocycles. The van der Waals surface area contributed by atoms with Crippen LogP contribution in [0.1, 0.15) is 18.1 Å². The Bertz CT molecular complexity index is 924. The highest BCUT2D eigenvalue weighted by Crippen LogP contribution is 2.15. The minimum Gasteiger partial charge on any atom is -0.326 e. The number of anilines is 2. The van der Waals surface area contributed by atoms with Crippen molar-refractivity contribution in [3.63, 3.8) is 0 Å². The van der Waals surface area contributed by atoms with Crippen molar-refractivity contribution in [1.29, 1.82) is 0 Å². The summed E-state index contributed by atoms with van der Waals surface area (Å²) >= 11 is 0. The highest BCUT2D eigenvalue weighted by atomic mass is 32.2. The molecule has 0 unspecified atom stereocenters. The third-order valence-electron chi connectivity index (χ3n) is 3.72. The number of hydrogen-bond donors (Lipinski definition) is 2. The molecule has 0 fully saturated rings. The quantitative estimate of drug-likeness (QED) is 0.760. The zero-order chi connectivity index (χ0) is 20.0. The Labute approximate surface area is 159 Å². The van der Waals surface area contributed by atoms with Gasteiger partial charge >= 0.3 is 0 Å². The molecule has 0 aliphatic rings. The molecule has 0 aliphatic heterocycles. The van der Waals surface area contributed by atoms with E-state index in [0.717, 1.165) is 21.7 Å². The topological polar surface area (TPSA) is 95.6 Å². The van der Waals surface area contributed by atoms with Gasteiger partial charge in [-0.25, -0.2) is 8.42 Å². The van der Waals surface area contributed by atoms with E-state index in [1.807, 2.05) is 31.2 Å². The fourth-order valence-electron chi connectivity index (χ4n) is 2.51. The minimum absolute atomic E-state index is 0.120. The van der Waals surface area contributed by atoms with Crippen LogP contribution in [0.2, 0.25) is 0 Å². The molecule has 0 aromatic heterocycles. The monoisotopic (exact) mass is 389 g/mol. The van der Waals surface area contributed by atoms with Gasteiger partial charge in [-0.05, 0) is 36.8 Å². The van der Waals surface area contributed by atoms with Crippen LogP contribution in [-0.4, -0.2) is 37.3 Å². The van der Waals surface area contributed by atoms with Crippen LogP contribution < -0.4 is 10.6 Å². The van der Waals surface area contributed by atoms with E-state index in [9.17, 15) is 18.0 Å². The summed E-state index contributed by atoms with van der Waals surface area (Å²) < 4.78 is 25.3. The number of aryl methyl sites for hydroxylation is 1. The molecule has 2 aromatic carbocycles. The van der Waals surface area contributed by atoms with Crippen molar-refractivity contribution < 1.29 is 18.0 Å². The number of amides is 2. The molecule has 0 radical (unpaired) electrons. The van der Waals surface area contributed by atoms with Crippen LogP contribution in [-0.2, 0) is 26.2 Å². The lowest BCUT2D eigenvalue weighted by Gasteiger charge is -2.20. The number of nitrogens with zero attached hydrogens (tertiary/aromatic N) is 1. The first kappa shape index (κ1) is 20.6. The smallest absolute Gasteiger partial charge is 0.239 e. The van der Waals surface area contributed by atoms with Crippen molar-refractivity contribution in [2.75, 3.05) is 23.4 Å². The summed E-state index contributed by atoms with van der Waals surface area (Å²) in [5.41, 5.74) is 2.95. The Kier molecular flexibility index (Phi) is 6.70. The Balaban J connectivity index is 2.04. The molecule has 27 heavy (non-hydrogen) atoms. The van der Waals surface area contributed by atoms with Crippen molar-refractivity contribution >= 4 is 33.2 Å². The first-order chi connectivity index (χ1) is 12.6. The molecule has 2 aromatic rings. The van der Waals surface area contributed by atoms with Crippen LogP contribution in [0.15, 0.2) is 48.5 Å². The van der Waals surface area contributed by atoms with Crippen molar-refractivity contribution in [2.45, 2.75) is 20.4 Å². The van der Waals surface area contributed by atoms with E-state index >= 15 is 0 Å². The first-order valence-corrected chi connectivity index (χ1v) is 10.2. The normalized spacial score (nSPS) is 11.3. The van der Waals surface area contributed by atoms with Gasteiger partial charge in [0, 0.05) is 24.8 Å². The summed E-state index contributed by atoms with van der Waals surface area (Å²) in [5, 5.41) is 5.29. The summed E-state index contributed by atoms with van der Waals surface area (Å²) in [4.78, 5) is 23.3. The summed E-state index contributed by atoms with van der Waals surface area (Å²) in [7, 11) is -3.56. The molecular weight excluding hydrogens is 366 g/mol. The lowest BCUT2D eigenvalue weighted by Crippen LogP contribution is -2.36. The molecule has 0 bridgehead atoms. The zero-order valence-corrected chi connectivity index (χ0v) is 16.3. The van der Waals surface area contributed by atoms with Crippen molar-refractivity contribution in [2.24, 2.45) is 0 Å². The van der Waals surface area contributed by atoms with Gasteiger partial charge in [0.15, 0.2) is 0 Å². The van der Waals surface area contributed by atoms with Crippen LogP contribution in [0, 0.1) is 6.92 Å². The fraction of sp³-hybridized carbons (Fsp3) is 0.263. The number of hydrogen-bond acceptors (Lipinski definition) is 4. The van der Waals surface area contributed by atoms with Crippen LogP contribution >= 0.6 is 0 Å². The molecule has 0 spiro atoms. The highest BCUT2D eigenvalue weighted by Gasteiger charge is 2.20. The molecule has 144 valence electrons. The summed E-state index contributed by atoms with van der Waals surface area (Å²) in [6.07, 6.45) is 1.08. The van der Waals surface area contributed by atoms with Gasteiger partial charge in [-0.15, -0.1) is 0 Å². The van der Waals surface area contributed by atoms with E-state index in [4.69, 9.17) is 0 Å². The van der Waals surface area contributed by atoms with E-state index in [2.05, 4.69) is 10.6 Å². The summed E-state index contributed by atoms with van der Waals surface area (Å²) in [5.74, 6) is -0.632. The SMILES string of the molecule is CC(=O)Nc1ccc(NC(=O)CN(Cc2cccc(C)c2)S(C)(=O)=O)cc1. The molecule has 8 heteroatoms. The number of benzene rings is 2.